The molecule has 2 rings (SSSR count). The number of rotatable bonds is 2. The first-order chi connectivity index (χ1) is 7.65. The van der Waals surface area contributed by atoms with Crippen LogP contribution in [0.1, 0.15) is 0 Å². The fourth-order valence-electron chi connectivity index (χ4n) is 1.72. The van der Waals surface area contributed by atoms with Crippen LogP contribution in [0, 0.1) is 10.1 Å². The van der Waals surface area contributed by atoms with Gasteiger partial charge in [0.05, 0.1) is 4.92 Å². The Balaban J connectivity index is 2.90. The number of anilines is 1. The summed E-state index contributed by atoms with van der Waals surface area (Å²) in [4.78, 5) is 10.5. The maximum atomic E-state index is 10.9. The molecule has 2 aromatic rings. The van der Waals surface area contributed by atoms with Crippen LogP contribution in [0.25, 0.3) is 10.8 Å². The van der Waals surface area contributed by atoms with Crippen LogP contribution >= 0.6 is 15.9 Å². The van der Waals surface area contributed by atoms with Crippen LogP contribution < -0.4 is 5.32 Å². The second kappa shape index (κ2) is 4.09. The van der Waals surface area contributed by atoms with Gasteiger partial charge in [-0.1, -0.05) is 24.3 Å². The third-order valence-corrected chi connectivity index (χ3v) is 3.08. The number of nitrogens with zero attached hydrogens (tertiary/aromatic N) is 1. The SMILES string of the molecule is CNc1c([N+](=O)[O-])cc(Br)c2ccccc12. The van der Waals surface area contributed by atoms with E-state index in [4.69, 9.17) is 0 Å². The van der Waals surface area contributed by atoms with Gasteiger partial charge in [0, 0.05) is 23.0 Å². The number of halogens is 1. The van der Waals surface area contributed by atoms with Gasteiger partial charge < -0.3 is 5.32 Å². The molecule has 0 saturated carbocycles. The van der Waals surface area contributed by atoms with Gasteiger partial charge in [-0.25, -0.2) is 0 Å². The van der Waals surface area contributed by atoms with E-state index in [0.29, 0.717) is 5.69 Å². The molecular formula is C11H9BrN2O2. The van der Waals surface area contributed by atoms with Crippen molar-refractivity contribution in [2.75, 3.05) is 12.4 Å². The van der Waals surface area contributed by atoms with Gasteiger partial charge in [0.15, 0.2) is 0 Å². The predicted octanol–water partition coefficient (Wildman–Crippen LogP) is 3.55. The Morgan fingerprint density at radius 3 is 2.50 bits per heavy atom. The summed E-state index contributed by atoms with van der Waals surface area (Å²) in [6.45, 7) is 0. The molecular weight excluding hydrogens is 272 g/mol. The van der Waals surface area contributed by atoms with Crippen LogP contribution in [-0.4, -0.2) is 12.0 Å². The van der Waals surface area contributed by atoms with Crippen LogP contribution in [0.2, 0.25) is 0 Å². The van der Waals surface area contributed by atoms with E-state index >= 15 is 0 Å². The lowest BCUT2D eigenvalue weighted by molar-refractivity contribution is -0.383. The Morgan fingerprint density at radius 1 is 1.31 bits per heavy atom. The summed E-state index contributed by atoms with van der Waals surface area (Å²) < 4.78 is 0.730. The van der Waals surface area contributed by atoms with Gasteiger partial charge in [-0.3, -0.25) is 10.1 Å². The molecule has 0 saturated heterocycles. The molecule has 0 heterocycles. The van der Waals surface area contributed by atoms with Crippen molar-refractivity contribution < 1.29 is 4.92 Å². The summed E-state index contributed by atoms with van der Waals surface area (Å²) in [5.41, 5.74) is 0.622. The lowest BCUT2D eigenvalue weighted by atomic mass is 10.1. The summed E-state index contributed by atoms with van der Waals surface area (Å²) in [5.74, 6) is 0. The molecule has 0 unspecified atom stereocenters. The molecule has 0 fully saturated rings. The Morgan fingerprint density at radius 2 is 1.94 bits per heavy atom. The van der Waals surface area contributed by atoms with Gasteiger partial charge in [-0.15, -0.1) is 0 Å². The number of nitrogens with one attached hydrogen (secondary N) is 1. The van der Waals surface area contributed by atoms with Crippen molar-refractivity contribution in [3.63, 3.8) is 0 Å². The summed E-state index contributed by atoms with van der Waals surface area (Å²) in [7, 11) is 1.68. The number of hydrogen-bond donors (Lipinski definition) is 1. The minimum atomic E-state index is -0.386. The average molecular weight is 281 g/mol. The van der Waals surface area contributed by atoms with E-state index in [1.165, 1.54) is 6.07 Å². The highest BCUT2D eigenvalue weighted by atomic mass is 79.9. The van der Waals surface area contributed by atoms with E-state index in [0.717, 1.165) is 15.2 Å². The zero-order valence-electron chi connectivity index (χ0n) is 8.53. The molecule has 16 heavy (non-hydrogen) atoms. The Kier molecular flexibility index (Phi) is 2.78. The predicted molar refractivity (Wildman–Crippen MR) is 67.8 cm³/mol. The van der Waals surface area contributed by atoms with Crippen molar-refractivity contribution >= 4 is 38.1 Å². The third-order valence-electron chi connectivity index (χ3n) is 2.42. The van der Waals surface area contributed by atoms with Crippen molar-refractivity contribution in [1.82, 2.24) is 0 Å². The van der Waals surface area contributed by atoms with E-state index in [-0.39, 0.29) is 10.6 Å². The van der Waals surface area contributed by atoms with Gasteiger partial charge >= 0.3 is 0 Å². The first-order valence-corrected chi connectivity index (χ1v) is 5.48. The van der Waals surface area contributed by atoms with Crippen molar-refractivity contribution in [2.45, 2.75) is 0 Å². The fraction of sp³-hybridized carbons (Fsp3) is 0.0909. The van der Waals surface area contributed by atoms with Crippen LogP contribution in [0.3, 0.4) is 0 Å². The second-order valence-electron chi connectivity index (χ2n) is 3.31. The van der Waals surface area contributed by atoms with Crippen LogP contribution in [0.4, 0.5) is 11.4 Å². The zero-order chi connectivity index (χ0) is 11.7. The van der Waals surface area contributed by atoms with Gasteiger partial charge in [0.25, 0.3) is 5.69 Å². The van der Waals surface area contributed by atoms with E-state index in [1.54, 1.807) is 7.05 Å². The second-order valence-corrected chi connectivity index (χ2v) is 4.16. The van der Waals surface area contributed by atoms with Crippen LogP contribution in [-0.2, 0) is 0 Å². The minimum Gasteiger partial charge on any atom is -0.382 e. The number of benzene rings is 2. The van der Waals surface area contributed by atoms with E-state index in [1.807, 2.05) is 24.3 Å². The number of nitro groups is 1. The third kappa shape index (κ3) is 1.63. The molecule has 1 N–H and O–H groups in total. The minimum absolute atomic E-state index is 0.0769. The van der Waals surface area contributed by atoms with Gasteiger partial charge in [-0.2, -0.15) is 0 Å². The summed E-state index contributed by atoms with van der Waals surface area (Å²) in [5, 5.41) is 15.6. The largest absolute Gasteiger partial charge is 0.382 e. The first-order valence-electron chi connectivity index (χ1n) is 4.68. The van der Waals surface area contributed by atoms with E-state index in [2.05, 4.69) is 21.2 Å². The fourth-order valence-corrected chi connectivity index (χ4v) is 2.29. The molecule has 0 aliphatic rings. The molecule has 0 radical (unpaired) electrons. The average Bonchev–Trinajstić information content (AvgIpc) is 2.29. The standard InChI is InChI=1S/C11H9BrN2O2/c1-13-11-8-5-3-2-4-7(8)9(12)6-10(11)14(15)16/h2-6,13H,1H3. The molecule has 2 aromatic carbocycles. The molecule has 5 heteroatoms. The molecule has 0 bridgehead atoms. The van der Waals surface area contributed by atoms with Crippen molar-refractivity contribution in [2.24, 2.45) is 0 Å². The van der Waals surface area contributed by atoms with E-state index < -0.39 is 0 Å². The maximum absolute atomic E-state index is 10.9. The molecule has 0 aromatic heterocycles. The monoisotopic (exact) mass is 280 g/mol. The molecule has 82 valence electrons. The summed E-state index contributed by atoms with van der Waals surface area (Å²) in [6, 6.07) is 9.06. The molecule has 0 aliphatic carbocycles. The van der Waals surface area contributed by atoms with Crippen molar-refractivity contribution in [3.05, 3.63) is 44.9 Å². The highest BCUT2D eigenvalue weighted by Gasteiger charge is 2.17. The van der Waals surface area contributed by atoms with Gasteiger partial charge in [0.2, 0.25) is 0 Å². The zero-order valence-corrected chi connectivity index (χ0v) is 10.1. The Labute approximate surface area is 101 Å². The van der Waals surface area contributed by atoms with E-state index in [9.17, 15) is 10.1 Å². The van der Waals surface area contributed by atoms with Crippen molar-refractivity contribution in [1.29, 1.82) is 0 Å². The highest BCUT2D eigenvalue weighted by molar-refractivity contribution is 9.10. The normalized spacial score (nSPS) is 10.4. The quantitative estimate of drug-likeness (QED) is 0.676. The molecule has 0 aliphatic heterocycles. The Bertz CT molecular complexity index is 569. The summed E-state index contributed by atoms with van der Waals surface area (Å²) >= 11 is 3.35. The van der Waals surface area contributed by atoms with Gasteiger partial charge in [-0.05, 0) is 21.3 Å². The topological polar surface area (TPSA) is 55.2 Å². The van der Waals surface area contributed by atoms with Crippen molar-refractivity contribution in [3.8, 4) is 0 Å². The number of fused-ring (bicyclic) bond motifs is 1. The number of nitro benzene ring substituents is 1. The molecule has 0 atom stereocenters. The van der Waals surface area contributed by atoms with Crippen LogP contribution in [0.15, 0.2) is 34.8 Å². The molecule has 0 spiro atoms. The summed E-state index contributed by atoms with van der Waals surface area (Å²) in [6.07, 6.45) is 0. The number of hydrogen-bond acceptors (Lipinski definition) is 3. The highest BCUT2D eigenvalue weighted by Crippen LogP contribution is 2.37. The lowest BCUT2D eigenvalue weighted by Crippen LogP contribution is -1.97. The Hall–Kier alpha value is -1.62. The molecule has 4 nitrogen and oxygen atoms in total. The first kappa shape index (κ1) is 10.9. The molecule has 0 amide bonds. The lowest BCUT2D eigenvalue weighted by Gasteiger charge is -2.08. The van der Waals surface area contributed by atoms with Gasteiger partial charge in [0.1, 0.15) is 5.69 Å². The maximum Gasteiger partial charge on any atom is 0.294 e. The smallest absolute Gasteiger partial charge is 0.294 e. The van der Waals surface area contributed by atoms with Crippen LogP contribution in [0.5, 0.6) is 0 Å².